The van der Waals surface area contributed by atoms with Crippen molar-refractivity contribution in [3.8, 4) is 0 Å². The SMILES string of the molecule is FC(F)(F)c1cc(Cl)ccc1NCc1cccc(Cl)c1. The molecule has 0 amide bonds. The smallest absolute Gasteiger partial charge is 0.380 e. The Balaban J connectivity index is 2.21. The van der Waals surface area contributed by atoms with Crippen LogP contribution in [0.4, 0.5) is 18.9 Å². The molecule has 0 aromatic heterocycles. The Morgan fingerprint density at radius 1 is 0.950 bits per heavy atom. The minimum atomic E-state index is -4.46. The minimum absolute atomic E-state index is 0.0122. The second-order valence-corrected chi connectivity index (χ2v) is 5.04. The van der Waals surface area contributed by atoms with Gasteiger partial charge in [0, 0.05) is 22.3 Å². The van der Waals surface area contributed by atoms with Crippen molar-refractivity contribution >= 4 is 28.9 Å². The summed E-state index contributed by atoms with van der Waals surface area (Å²) in [6, 6.07) is 10.6. The molecule has 0 saturated carbocycles. The highest BCUT2D eigenvalue weighted by Gasteiger charge is 2.33. The van der Waals surface area contributed by atoms with E-state index >= 15 is 0 Å². The fourth-order valence-electron chi connectivity index (χ4n) is 1.75. The summed E-state index contributed by atoms with van der Waals surface area (Å²) < 4.78 is 38.7. The van der Waals surface area contributed by atoms with E-state index in [-0.39, 0.29) is 17.3 Å². The number of anilines is 1. The number of hydrogen-bond acceptors (Lipinski definition) is 1. The first-order valence-electron chi connectivity index (χ1n) is 5.71. The van der Waals surface area contributed by atoms with Gasteiger partial charge in [-0.25, -0.2) is 0 Å². The molecule has 0 aliphatic heterocycles. The zero-order valence-corrected chi connectivity index (χ0v) is 11.7. The first-order valence-corrected chi connectivity index (χ1v) is 6.47. The maximum Gasteiger partial charge on any atom is 0.418 e. The predicted octanol–water partition coefficient (Wildman–Crippen LogP) is 5.62. The zero-order valence-electron chi connectivity index (χ0n) is 10.1. The van der Waals surface area contributed by atoms with E-state index in [1.165, 1.54) is 12.1 Å². The molecule has 0 saturated heterocycles. The molecule has 2 rings (SSSR count). The standard InChI is InChI=1S/C14H10Cl2F3N/c15-10-3-1-2-9(6-10)8-20-13-5-4-11(16)7-12(13)14(17,18)19/h1-7,20H,8H2. The number of hydrogen-bond donors (Lipinski definition) is 1. The van der Waals surface area contributed by atoms with Crippen molar-refractivity contribution in [3.63, 3.8) is 0 Å². The van der Waals surface area contributed by atoms with Gasteiger partial charge in [0.15, 0.2) is 0 Å². The molecule has 0 radical (unpaired) electrons. The predicted molar refractivity (Wildman–Crippen MR) is 75.2 cm³/mol. The molecule has 0 spiro atoms. The molecule has 0 unspecified atom stereocenters. The van der Waals surface area contributed by atoms with Gasteiger partial charge in [0.25, 0.3) is 0 Å². The fourth-order valence-corrected chi connectivity index (χ4v) is 2.13. The number of rotatable bonds is 3. The quantitative estimate of drug-likeness (QED) is 0.773. The highest BCUT2D eigenvalue weighted by atomic mass is 35.5. The third-order valence-corrected chi connectivity index (χ3v) is 3.13. The largest absolute Gasteiger partial charge is 0.418 e. The van der Waals surface area contributed by atoms with Crippen LogP contribution in [0.25, 0.3) is 0 Å². The molecular weight excluding hydrogens is 310 g/mol. The van der Waals surface area contributed by atoms with Crippen LogP contribution in [-0.2, 0) is 12.7 Å². The summed E-state index contributed by atoms with van der Waals surface area (Å²) >= 11 is 11.4. The molecular formula is C14H10Cl2F3N. The number of nitrogens with one attached hydrogen (secondary N) is 1. The van der Waals surface area contributed by atoms with E-state index in [2.05, 4.69) is 5.32 Å². The van der Waals surface area contributed by atoms with Crippen LogP contribution in [-0.4, -0.2) is 0 Å². The van der Waals surface area contributed by atoms with Gasteiger partial charge in [-0.05, 0) is 35.9 Å². The lowest BCUT2D eigenvalue weighted by molar-refractivity contribution is -0.136. The van der Waals surface area contributed by atoms with Crippen molar-refractivity contribution in [1.82, 2.24) is 0 Å². The lowest BCUT2D eigenvalue weighted by Gasteiger charge is -2.15. The molecule has 0 bridgehead atoms. The van der Waals surface area contributed by atoms with Crippen molar-refractivity contribution in [2.75, 3.05) is 5.32 Å². The molecule has 2 aromatic carbocycles. The summed E-state index contributed by atoms with van der Waals surface area (Å²) in [6.45, 7) is 0.241. The Kier molecular flexibility index (Phi) is 4.45. The molecule has 0 heterocycles. The second-order valence-electron chi connectivity index (χ2n) is 4.17. The Morgan fingerprint density at radius 3 is 2.30 bits per heavy atom. The lowest BCUT2D eigenvalue weighted by Crippen LogP contribution is -2.10. The van der Waals surface area contributed by atoms with E-state index < -0.39 is 11.7 Å². The summed E-state index contributed by atoms with van der Waals surface area (Å²) in [6.07, 6.45) is -4.46. The molecule has 0 aliphatic carbocycles. The van der Waals surface area contributed by atoms with Gasteiger partial charge in [0.1, 0.15) is 0 Å². The Hall–Kier alpha value is -1.39. The van der Waals surface area contributed by atoms with E-state index in [1.807, 2.05) is 0 Å². The Bertz CT molecular complexity index is 612. The van der Waals surface area contributed by atoms with E-state index in [4.69, 9.17) is 23.2 Å². The van der Waals surface area contributed by atoms with E-state index in [1.54, 1.807) is 24.3 Å². The van der Waals surface area contributed by atoms with E-state index in [9.17, 15) is 13.2 Å². The monoisotopic (exact) mass is 319 g/mol. The van der Waals surface area contributed by atoms with Gasteiger partial charge in [0.05, 0.1) is 5.56 Å². The third-order valence-electron chi connectivity index (χ3n) is 2.66. The first-order chi connectivity index (χ1) is 9.36. The van der Waals surface area contributed by atoms with Gasteiger partial charge < -0.3 is 5.32 Å². The van der Waals surface area contributed by atoms with Gasteiger partial charge >= 0.3 is 6.18 Å². The summed E-state index contributed by atoms with van der Waals surface area (Å²) in [7, 11) is 0. The molecule has 0 atom stereocenters. The van der Waals surface area contributed by atoms with Crippen LogP contribution < -0.4 is 5.32 Å². The van der Waals surface area contributed by atoms with Crippen LogP contribution in [0.1, 0.15) is 11.1 Å². The van der Waals surface area contributed by atoms with Crippen molar-refractivity contribution in [3.05, 3.63) is 63.6 Å². The molecule has 0 fully saturated rings. The van der Waals surface area contributed by atoms with Crippen molar-refractivity contribution in [2.24, 2.45) is 0 Å². The van der Waals surface area contributed by atoms with E-state index in [0.29, 0.717) is 5.02 Å². The molecule has 6 heteroatoms. The maximum atomic E-state index is 12.9. The van der Waals surface area contributed by atoms with E-state index in [0.717, 1.165) is 11.6 Å². The van der Waals surface area contributed by atoms with Gasteiger partial charge in [-0.15, -0.1) is 0 Å². The maximum absolute atomic E-state index is 12.9. The third kappa shape index (κ3) is 3.81. The van der Waals surface area contributed by atoms with Crippen LogP contribution in [0.3, 0.4) is 0 Å². The molecule has 106 valence electrons. The summed E-state index contributed by atoms with van der Waals surface area (Å²) in [5.74, 6) is 0. The molecule has 0 aliphatic rings. The Morgan fingerprint density at radius 2 is 1.65 bits per heavy atom. The highest BCUT2D eigenvalue weighted by Crippen LogP contribution is 2.36. The highest BCUT2D eigenvalue weighted by molar-refractivity contribution is 6.31. The topological polar surface area (TPSA) is 12.0 Å². The van der Waals surface area contributed by atoms with Gasteiger partial charge in [-0.1, -0.05) is 35.3 Å². The van der Waals surface area contributed by atoms with Crippen LogP contribution in [0, 0.1) is 0 Å². The van der Waals surface area contributed by atoms with Crippen LogP contribution in [0.2, 0.25) is 10.0 Å². The fraction of sp³-hybridized carbons (Fsp3) is 0.143. The molecule has 2 aromatic rings. The molecule has 1 N–H and O–H groups in total. The van der Waals surface area contributed by atoms with Crippen LogP contribution >= 0.6 is 23.2 Å². The summed E-state index contributed by atoms with van der Waals surface area (Å²) in [5.41, 5.74) is -0.00511. The minimum Gasteiger partial charge on any atom is -0.380 e. The van der Waals surface area contributed by atoms with Gasteiger partial charge in [-0.2, -0.15) is 13.2 Å². The lowest BCUT2D eigenvalue weighted by atomic mass is 10.1. The van der Waals surface area contributed by atoms with Crippen LogP contribution in [0.5, 0.6) is 0 Å². The van der Waals surface area contributed by atoms with Gasteiger partial charge in [-0.3, -0.25) is 0 Å². The van der Waals surface area contributed by atoms with Crippen molar-refractivity contribution in [1.29, 1.82) is 0 Å². The summed E-state index contributed by atoms with van der Waals surface area (Å²) in [4.78, 5) is 0. The zero-order chi connectivity index (χ0) is 14.8. The Labute approximate surface area is 124 Å². The van der Waals surface area contributed by atoms with Crippen molar-refractivity contribution in [2.45, 2.75) is 12.7 Å². The average Bonchev–Trinajstić information content (AvgIpc) is 2.36. The first kappa shape index (κ1) is 15.0. The number of alkyl halides is 3. The molecule has 20 heavy (non-hydrogen) atoms. The number of benzene rings is 2. The van der Waals surface area contributed by atoms with Gasteiger partial charge in [0.2, 0.25) is 0 Å². The average molecular weight is 320 g/mol. The number of halogens is 5. The summed E-state index contributed by atoms with van der Waals surface area (Å²) in [5, 5.41) is 3.34. The second kappa shape index (κ2) is 5.94. The normalized spacial score (nSPS) is 11.4. The van der Waals surface area contributed by atoms with Crippen LogP contribution in [0.15, 0.2) is 42.5 Å². The molecule has 1 nitrogen and oxygen atoms in total. The van der Waals surface area contributed by atoms with Crippen molar-refractivity contribution < 1.29 is 13.2 Å².